The second-order valence-corrected chi connectivity index (χ2v) is 8.97. The first-order valence-corrected chi connectivity index (χ1v) is 11.5. The highest BCUT2D eigenvalue weighted by Gasteiger charge is 2.38. The first-order chi connectivity index (χ1) is 15.0. The first kappa shape index (κ1) is 21.2. The van der Waals surface area contributed by atoms with E-state index >= 15 is 0 Å². The molecular formula is C23H26N6OS. The Bertz CT molecular complexity index is 1120. The summed E-state index contributed by atoms with van der Waals surface area (Å²) in [6, 6.07) is 16.8. The van der Waals surface area contributed by atoms with E-state index in [1.54, 1.807) is 11.9 Å². The Kier molecular flexibility index (Phi) is 6.14. The first-order valence-electron chi connectivity index (χ1n) is 10.5. The van der Waals surface area contributed by atoms with E-state index in [1.807, 2.05) is 18.2 Å². The summed E-state index contributed by atoms with van der Waals surface area (Å²) in [6.45, 7) is 0. The number of hydrogen-bond acceptors (Lipinski definition) is 6. The predicted octanol–water partition coefficient (Wildman–Crippen LogP) is 3.51. The molecule has 160 valence electrons. The van der Waals surface area contributed by atoms with Crippen molar-refractivity contribution in [1.82, 2.24) is 19.8 Å². The zero-order valence-corrected chi connectivity index (χ0v) is 18.4. The lowest BCUT2D eigenvalue weighted by Crippen LogP contribution is -2.50. The van der Waals surface area contributed by atoms with Crippen molar-refractivity contribution in [3.8, 4) is 6.07 Å². The molecule has 0 saturated heterocycles. The molecule has 1 fully saturated rings. The van der Waals surface area contributed by atoms with Crippen molar-refractivity contribution >= 4 is 28.4 Å². The summed E-state index contributed by atoms with van der Waals surface area (Å²) in [6.07, 6.45) is 5.10. The van der Waals surface area contributed by atoms with Crippen LogP contribution in [0.25, 0.3) is 10.8 Å². The molecule has 7 nitrogen and oxygen atoms in total. The van der Waals surface area contributed by atoms with Crippen molar-refractivity contribution in [3.05, 3.63) is 53.9 Å². The van der Waals surface area contributed by atoms with Gasteiger partial charge in [0.05, 0.1) is 11.8 Å². The monoisotopic (exact) mass is 434 g/mol. The summed E-state index contributed by atoms with van der Waals surface area (Å²) in [4.78, 5) is 14.4. The molecule has 2 aromatic carbocycles. The number of rotatable bonds is 6. The van der Waals surface area contributed by atoms with Crippen LogP contribution in [0.2, 0.25) is 0 Å². The van der Waals surface area contributed by atoms with Crippen LogP contribution in [0.15, 0.2) is 47.6 Å². The molecule has 0 unspecified atom stereocenters. The largest absolute Gasteiger partial charge is 0.336 e. The molecule has 2 N–H and O–H groups in total. The standard InChI is InChI=1S/C23H26N6OS/c1-28(23(16-24)12-5-2-6-13-23)21(30)15-31-22-27-26-20(29(22)25)14-18-10-7-9-17-8-3-4-11-19(17)18/h3-4,7-11H,2,5-6,12-15,25H2,1H3. The number of nitrogen functional groups attached to an aromatic ring is 1. The zero-order chi connectivity index (χ0) is 21.8. The molecule has 1 aromatic heterocycles. The highest BCUT2D eigenvalue weighted by molar-refractivity contribution is 7.99. The van der Waals surface area contributed by atoms with Gasteiger partial charge in [-0.15, -0.1) is 10.2 Å². The number of amides is 1. The van der Waals surface area contributed by atoms with Crippen molar-refractivity contribution in [1.29, 1.82) is 5.26 Å². The van der Waals surface area contributed by atoms with Crippen molar-refractivity contribution in [2.24, 2.45) is 0 Å². The predicted molar refractivity (Wildman–Crippen MR) is 122 cm³/mol. The quantitative estimate of drug-likeness (QED) is 0.471. The molecule has 0 radical (unpaired) electrons. The molecule has 1 aliphatic carbocycles. The molecule has 1 saturated carbocycles. The van der Waals surface area contributed by atoms with Gasteiger partial charge in [0.15, 0.2) is 5.82 Å². The van der Waals surface area contributed by atoms with Gasteiger partial charge < -0.3 is 10.7 Å². The van der Waals surface area contributed by atoms with Crippen molar-refractivity contribution in [2.45, 2.75) is 49.2 Å². The number of thioether (sulfide) groups is 1. The number of hydrogen-bond donors (Lipinski definition) is 1. The van der Waals surface area contributed by atoms with E-state index in [9.17, 15) is 10.1 Å². The van der Waals surface area contributed by atoms with Gasteiger partial charge in [-0.1, -0.05) is 73.5 Å². The molecule has 0 spiro atoms. The van der Waals surface area contributed by atoms with E-state index < -0.39 is 5.54 Å². The van der Waals surface area contributed by atoms with E-state index in [-0.39, 0.29) is 11.7 Å². The average molecular weight is 435 g/mol. The molecule has 0 aliphatic heterocycles. The summed E-state index contributed by atoms with van der Waals surface area (Å²) in [5.41, 5.74) is 0.434. The second kappa shape index (κ2) is 8.98. The van der Waals surface area contributed by atoms with Gasteiger partial charge >= 0.3 is 0 Å². The minimum Gasteiger partial charge on any atom is -0.336 e. The fourth-order valence-corrected chi connectivity index (χ4v) is 5.05. The van der Waals surface area contributed by atoms with Gasteiger partial charge in [-0.05, 0) is 29.2 Å². The fraction of sp³-hybridized carbons (Fsp3) is 0.391. The number of benzene rings is 2. The normalized spacial score (nSPS) is 15.5. The molecule has 1 amide bonds. The minimum atomic E-state index is -0.689. The zero-order valence-electron chi connectivity index (χ0n) is 17.6. The fourth-order valence-electron chi connectivity index (χ4n) is 4.26. The summed E-state index contributed by atoms with van der Waals surface area (Å²) < 4.78 is 1.46. The van der Waals surface area contributed by atoms with E-state index in [0.29, 0.717) is 17.4 Å². The third-order valence-electron chi connectivity index (χ3n) is 6.19. The molecule has 4 rings (SSSR count). The third-order valence-corrected chi connectivity index (χ3v) is 7.12. The van der Waals surface area contributed by atoms with Crippen molar-refractivity contribution < 1.29 is 4.79 Å². The Hall–Kier alpha value is -3.05. The summed E-state index contributed by atoms with van der Waals surface area (Å²) >= 11 is 1.26. The molecule has 3 aromatic rings. The van der Waals surface area contributed by atoms with Crippen LogP contribution in [-0.2, 0) is 11.2 Å². The van der Waals surface area contributed by atoms with Crippen LogP contribution in [0.1, 0.15) is 43.5 Å². The van der Waals surface area contributed by atoms with Gasteiger partial charge in [-0.2, -0.15) is 5.26 Å². The number of nitrogens with two attached hydrogens (primary N) is 1. The maximum absolute atomic E-state index is 12.8. The highest BCUT2D eigenvalue weighted by Crippen LogP contribution is 2.33. The number of nitrogens with zero attached hydrogens (tertiary/aromatic N) is 5. The third kappa shape index (κ3) is 4.23. The van der Waals surface area contributed by atoms with Crippen LogP contribution in [0.5, 0.6) is 0 Å². The molecule has 0 atom stereocenters. The lowest BCUT2D eigenvalue weighted by atomic mass is 9.81. The van der Waals surface area contributed by atoms with Crippen LogP contribution in [0, 0.1) is 11.3 Å². The topological polar surface area (TPSA) is 101 Å². The molecule has 31 heavy (non-hydrogen) atoms. The maximum atomic E-state index is 12.8. The van der Waals surface area contributed by atoms with Crippen LogP contribution >= 0.6 is 11.8 Å². The van der Waals surface area contributed by atoms with Crippen molar-refractivity contribution in [2.75, 3.05) is 18.6 Å². The molecule has 0 bridgehead atoms. The molecule has 1 aliphatic rings. The second-order valence-electron chi connectivity index (χ2n) is 8.03. The van der Waals surface area contributed by atoms with Gasteiger partial charge in [-0.3, -0.25) is 4.79 Å². The maximum Gasteiger partial charge on any atom is 0.234 e. The molecule has 8 heteroatoms. The molecular weight excluding hydrogens is 408 g/mol. The van der Waals surface area contributed by atoms with Gasteiger partial charge in [0.1, 0.15) is 5.54 Å². The number of nitriles is 1. The van der Waals surface area contributed by atoms with Crippen LogP contribution in [-0.4, -0.2) is 44.0 Å². The smallest absolute Gasteiger partial charge is 0.234 e. The van der Waals surface area contributed by atoms with E-state index in [0.717, 1.165) is 43.1 Å². The van der Waals surface area contributed by atoms with Gasteiger partial charge in [-0.25, -0.2) is 4.68 Å². The SMILES string of the molecule is CN(C(=O)CSc1nnc(Cc2cccc3ccccc23)n1N)C1(C#N)CCCCC1. The Morgan fingerprint density at radius 1 is 1.19 bits per heavy atom. The van der Waals surface area contributed by atoms with Crippen LogP contribution in [0.3, 0.4) is 0 Å². The van der Waals surface area contributed by atoms with Crippen LogP contribution in [0.4, 0.5) is 0 Å². The lowest BCUT2D eigenvalue weighted by molar-refractivity contribution is -0.131. The number of aromatic nitrogens is 3. The van der Waals surface area contributed by atoms with Gasteiger partial charge in [0.2, 0.25) is 11.1 Å². The summed E-state index contributed by atoms with van der Waals surface area (Å²) in [5.74, 6) is 6.96. The Labute approximate surface area is 186 Å². The minimum absolute atomic E-state index is 0.0907. The Balaban J connectivity index is 1.44. The highest BCUT2D eigenvalue weighted by atomic mass is 32.2. The Morgan fingerprint density at radius 2 is 1.94 bits per heavy atom. The number of fused-ring (bicyclic) bond motifs is 1. The van der Waals surface area contributed by atoms with Gasteiger partial charge in [0.25, 0.3) is 0 Å². The number of carbonyl (C=O) groups is 1. The number of carbonyl (C=O) groups excluding carboxylic acids is 1. The average Bonchev–Trinajstić information content (AvgIpc) is 3.16. The molecule has 1 heterocycles. The van der Waals surface area contributed by atoms with E-state index in [2.05, 4.69) is 40.5 Å². The van der Waals surface area contributed by atoms with E-state index in [1.165, 1.54) is 21.8 Å². The van der Waals surface area contributed by atoms with E-state index in [4.69, 9.17) is 5.84 Å². The lowest BCUT2D eigenvalue weighted by Gasteiger charge is -2.39. The van der Waals surface area contributed by atoms with Gasteiger partial charge in [0, 0.05) is 13.5 Å². The summed E-state index contributed by atoms with van der Waals surface area (Å²) in [7, 11) is 1.73. The van der Waals surface area contributed by atoms with Crippen LogP contribution < -0.4 is 5.84 Å². The summed E-state index contributed by atoms with van der Waals surface area (Å²) in [5, 5.41) is 21.0. The Morgan fingerprint density at radius 3 is 2.71 bits per heavy atom. The van der Waals surface area contributed by atoms with Crippen molar-refractivity contribution in [3.63, 3.8) is 0 Å².